The third-order valence-corrected chi connectivity index (χ3v) is 4.30. The van der Waals surface area contributed by atoms with Gasteiger partial charge in [-0.15, -0.1) is 11.3 Å². The van der Waals surface area contributed by atoms with Crippen LogP contribution in [0, 0.1) is 0 Å². The summed E-state index contributed by atoms with van der Waals surface area (Å²) in [5.74, 6) is 0.311. The lowest BCUT2D eigenvalue weighted by Crippen LogP contribution is -2.13. The van der Waals surface area contributed by atoms with Crippen LogP contribution < -0.4 is 15.8 Å². The molecule has 0 saturated heterocycles. The molecule has 3 N–H and O–H groups in total. The summed E-state index contributed by atoms with van der Waals surface area (Å²) in [5, 5.41) is 4.57. The van der Waals surface area contributed by atoms with Crippen LogP contribution in [0.5, 0.6) is 5.75 Å². The van der Waals surface area contributed by atoms with Crippen molar-refractivity contribution in [1.82, 2.24) is 0 Å². The molecule has 20 heavy (non-hydrogen) atoms. The first-order chi connectivity index (χ1) is 9.51. The first-order valence-corrected chi connectivity index (χ1v) is 7.62. The number of ether oxygens (including phenoxy) is 1. The number of halogens is 1. The van der Waals surface area contributed by atoms with Gasteiger partial charge in [0.1, 0.15) is 10.7 Å². The van der Waals surface area contributed by atoms with Gasteiger partial charge in [-0.05, 0) is 40.2 Å². The van der Waals surface area contributed by atoms with Crippen molar-refractivity contribution in [2.45, 2.75) is 0 Å². The fourth-order valence-corrected chi connectivity index (χ4v) is 2.83. The van der Waals surface area contributed by atoms with Crippen LogP contribution in [0.3, 0.4) is 0 Å². The van der Waals surface area contributed by atoms with Crippen molar-refractivity contribution in [1.29, 1.82) is 0 Å². The van der Waals surface area contributed by atoms with Crippen LogP contribution in [0.15, 0.2) is 33.4 Å². The molecule has 2 aromatic rings. The fourth-order valence-electron chi connectivity index (χ4n) is 1.57. The minimum atomic E-state index is -0.201. The summed E-state index contributed by atoms with van der Waals surface area (Å²) in [7, 11) is 1.52. The van der Waals surface area contributed by atoms with E-state index in [0.717, 1.165) is 3.79 Å². The second-order valence-electron chi connectivity index (χ2n) is 3.87. The SMILES string of the molecule is COc1cc(C(N)=S)ccc1NC(=O)c1csc(Br)c1. The quantitative estimate of drug-likeness (QED) is 0.809. The Morgan fingerprint density at radius 1 is 1.40 bits per heavy atom. The van der Waals surface area contributed by atoms with Crippen LogP contribution in [-0.2, 0) is 0 Å². The van der Waals surface area contributed by atoms with Gasteiger partial charge in [-0.3, -0.25) is 4.79 Å². The van der Waals surface area contributed by atoms with E-state index in [1.54, 1.807) is 29.6 Å². The van der Waals surface area contributed by atoms with Gasteiger partial charge in [0.15, 0.2) is 0 Å². The number of nitrogens with one attached hydrogen (secondary N) is 1. The zero-order chi connectivity index (χ0) is 14.7. The van der Waals surface area contributed by atoms with Crippen molar-refractivity contribution in [2.75, 3.05) is 12.4 Å². The third-order valence-electron chi connectivity index (χ3n) is 2.56. The number of rotatable bonds is 4. The number of nitrogens with two attached hydrogens (primary N) is 1. The number of amides is 1. The molecule has 0 aliphatic carbocycles. The number of methoxy groups -OCH3 is 1. The molecule has 0 aliphatic heterocycles. The lowest BCUT2D eigenvalue weighted by Gasteiger charge is -2.11. The predicted molar refractivity (Wildman–Crippen MR) is 88.9 cm³/mol. The molecule has 104 valence electrons. The summed E-state index contributed by atoms with van der Waals surface area (Å²) in [6, 6.07) is 6.91. The van der Waals surface area contributed by atoms with E-state index in [0.29, 0.717) is 22.6 Å². The Balaban J connectivity index is 2.25. The number of thiophene rings is 1. The van der Waals surface area contributed by atoms with Gasteiger partial charge >= 0.3 is 0 Å². The first-order valence-electron chi connectivity index (χ1n) is 5.54. The topological polar surface area (TPSA) is 64.3 Å². The summed E-state index contributed by atoms with van der Waals surface area (Å²) >= 11 is 9.69. The van der Waals surface area contributed by atoms with E-state index >= 15 is 0 Å². The highest BCUT2D eigenvalue weighted by Crippen LogP contribution is 2.27. The monoisotopic (exact) mass is 370 g/mol. The molecular weight excluding hydrogens is 360 g/mol. The molecule has 4 nitrogen and oxygen atoms in total. The molecule has 1 aromatic heterocycles. The summed E-state index contributed by atoms with van der Waals surface area (Å²) in [4.78, 5) is 12.4. The Morgan fingerprint density at radius 2 is 2.15 bits per heavy atom. The van der Waals surface area contributed by atoms with Crippen LogP contribution in [0.4, 0.5) is 5.69 Å². The molecule has 0 unspecified atom stereocenters. The van der Waals surface area contributed by atoms with E-state index < -0.39 is 0 Å². The molecule has 2 rings (SSSR count). The maximum Gasteiger partial charge on any atom is 0.256 e. The Labute approximate surface area is 134 Å². The van der Waals surface area contributed by atoms with Crippen LogP contribution in [-0.4, -0.2) is 18.0 Å². The predicted octanol–water partition coefficient (Wildman–Crippen LogP) is 3.41. The average molecular weight is 371 g/mol. The third kappa shape index (κ3) is 3.36. The molecule has 1 heterocycles. The molecule has 1 aromatic carbocycles. The number of hydrogen-bond donors (Lipinski definition) is 2. The number of carbonyl (C=O) groups excluding carboxylic acids is 1. The van der Waals surface area contributed by atoms with E-state index in [2.05, 4.69) is 21.2 Å². The second-order valence-corrected chi connectivity index (χ2v) is 6.60. The van der Waals surface area contributed by atoms with Gasteiger partial charge in [-0.25, -0.2) is 0 Å². The van der Waals surface area contributed by atoms with E-state index in [1.807, 2.05) is 0 Å². The normalized spacial score (nSPS) is 10.1. The first kappa shape index (κ1) is 15.0. The summed E-state index contributed by atoms with van der Waals surface area (Å²) < 4.78 is 6.14. The van der Waals surface area contributed by atoms with E-state index in [-0.39, 0.29) is 10.9 Å². The van der Waals surface area contributed by atoms with Gasteiger partial charge in [0.05, 0.1) is 22.1 Å². The number of hydrogen-bond acceptors (Lipinski definition) is 4. The minimum absolute atomic E-state index is 0.201. The number of benzene rings is 1. The maximum absolute atomic E-state index is 12.1. The van der Waals surface area contributed by atoms with Crippen molar-refractivity contribution in [2.24, 2.45) is 5.73 Å². The van der Waals surface area contributed by atoms with Gasteiger partial charge < -0.3 is 15.8 Å². The van der Waals surface area contributed by atoms with Crippen molar-refractivity contribution < 1.29 is 9.53 Å². The second kappa shape index (κ2) is 6.34. The van der Waals surface area contributed by atoms with E-state index in [9.17, 15) is 4.79 Å². The number of anilines is 1. The number of thiocarbonyl (C=S) groups is 1. The zero-order valence-corrected chi connectivity index (χ0v) is 13.7. The van der Waals surface area contributed by atoms with Crippen LogP contribution in [0.2, 0.25) is 0 Å². The highest BCUT2D eigenvalue weighted by atomic mass is 79.9. The summed E-state index contributed by atoms with van der Waals surface area (Å²) in [5.41, 5.74) is 7.41. The Kier molecular flexibility index (Phi) is 4.74. The lowest BCUT2D eigenvalue weighted by molar-refractivity contribution is 0.102. The van der Waals surface area contributed by atoms with Gasteiger partial charge in [0, 0.05) is 10.9 Å². The van der Waals surface area contributed by atoms with E-state index in [1.165, 1.54) is 18.4 Å². The smallest absolute Gasteiger partial charge is 0.256 e. The van der Waals surface area contributed by atoms with Crippen molar-refractivity contribution in [3.63, 3.8) is 0 Å². The van der Waals surface area contributed by atoms with Gasteiger partial charge in [-0.1, -0.05) is 12.2 Å². The van der Waals surface area contributed by atoms with Crippen LogP contribution in [0.25, 0.3) is 0 Å². The van der Waals surface area contributed by atoms with Gasteiger partial charge in [0.2, 0.25) is 0 Å². The average Bonchev–Trinajstić information content (AvgIpc) is 2.85. The molecule has 0 aliphatic rings. The molecule has 0 saturated carbocycles. The van der Waals surface area contributed by atoms with Crippen molar-refractivity contribution >= 4 is 56.1 Å². The van der Waals surface area contributed by atoms with Crippen LogP contribution >= 0.6 is 39.5 Å². The van der Waals surface area contributed by atoms with E-state index in [4.69, 9.17) is 22.7 Å². The zero-order valence-electron chi connectivity index (χ0n) is 10.5. The molecule has 0 fully saturated rings. The molecule has 0 radical (unpaired) electrons. The minimum Gasteiger partial charge on any atom is -0.495 e. The Hall–Kier alpha value is -1.44. The highest BCUT2D eigenvalue weighted by Gasteiger charge is 2.12. The largest absolute Gasteiger partial charge is 0.495 e. The van der Waals surface area contributed by atoms with Gasteiger partial charge in [-0.2, -0.15) is 0 Å². The molecule has 0 spiro atoms. The Morgan fingerprint density at radius 3 is 2.70 bits per heavy atom. The molecule has 0 atom stereocenters. The molecule has 0 bridgehead atoms. The Bertz CT molecular complexity index is 670. The summed E-state index contributed by atoms with van der Waals surface area (Å²) in [6.45, 7) is 0. The lowest BCUT2D eigenvalue weighted by atomic mass is 10.2. The van der Waals surface area contributed by atoms with Crippen molar-refractivity contribution in [3.8, 4) is 5.75 Å². The molecule has 1 amide bonds. The maximum atomic E-state index is 12.1. The number of carbonyl (C=O) groups is 1. The van der Waals surface area contributed by atoms with Crippen molar-refractivity contribution in [3.05, 3.63) is 44.6 Å². The molecule has 7 heteroatoms. The fraction of sp³-hybridized carbons (Fsp3) is 0.0769. The van der Waals surface area contributed by atoms with Gasteiger partial charge in [0.25, 0.3) is 5.91 Å². The standard InChI is InChI=1S/C13H11BrN2O2S2/c1-18-10-4-7(12(15)19)2-3-9(10)16-13(17)8-5-11(14)20-6-8/h2-6H,1H3,(H2,15,19)(H,16,17). The highest BCUT2D eigenvalue weighted by molar-refractivity contribution is 9.11. The van der Waals surface area contributed by atoms with Crippen LogP contribution in [0.1, 0.15) is 15.9 Å². The molecular formula is C13H11BrN2O2S2. The summed E-state index contributed by atoms with van der Waals surface area (Å²) in [6.07, 6.45) is 0.